The third-order valence-electron chi connectivity index (χ3n) is 4.69. The lowest BCUT2D eigenvalue weighted by Gasteiger charge is -2.26. The van der Waals surface area contributed by atoms with Gasteiger partial charge < -0.3 is 14.4 Å². The van der Waals surface area contributed by atoms with E-state index in [4.69, 9.17) is 9.47 Å². The third-order valence-corrected chi connectivity index (χ3v) is 4.69. The maximum Gasteiger partial charge on any atom is 0.254 e. The lowest BCUT2D eigenvalue weighted by molar-refractivity contribution is 0.0735. The molecule has 1 atom stereocenters. The van der Waals surface area contributed by atoms with E-state index in [-0.39, 0.29) is 11.9 Å². The third kappa shape index (κ3) is 2.84. The summed E-state index contributed by atoms with van der Waals surface area (Å²) in [6.45, 7) is 2.16. The summed E-state index contributed by atoms with van der Waals surface area (Å²) in [5, 5.41) is 0. The summed E-state index contributed by atoms with van der Waals surface area (Å²) < 4.78 is 11.5. The molecule has 0 radical (unpaired) electrons. The monoisotopic (exact) mass is 323 g/mol. The van der Waals surface area contributed by atoms with Crippen LogP contribution in [0.4, 0.5) is 0 Å². The number of rotatable bonds is 2. The summed E-state index contributed by atoms with van der Waals surface area (Å²) in [6.07, 6.45) is 2.90. The molecule has 0 unspecified atom stereocenters. The van der Waals surface area contributed by atoms with Crippen LogP contribution in [0.2, 0.25) is 0 Å². The Bertz CT molecular complexity index is 729. The Morgan fingerprint density at radius 3 is 2.58 bits per heavy atom. The van der Waals surface area contributed by atoms with Crippen molar-refractivity contribution in [1.82, 2.24) is 4.90 Å². The minimum Gasteiger partial charge on any atom is -0.490 e. The van der Waals surface area contributed by atoms with Gasteiger partial charge in [-0.05, 0) is 42.7 Å². The molecular weight excluding hydrogens is 302 g/mol. The summed E-state index contributed by atoms with van der Waals surface area (Å²) in [5.74, 6) is 1.70. The van der Waals surface area contributed by atoms with Crippen LogP contribution in [0.15, 0.2) is 48.5 Å². The Morgan fingerprint density at radius 1 is 0.958 bits per heavy atom. The van der Waals surface area contributed by atoms with Gasteiger partial charge in [0.1, 0.15) is 0 Å². The molecule has 0 spiro atoms. The van der Waals surface area contributed by atoms with Crippen molar-refractivity contribution in [3.63, 3.8) is 0 Å². The number of likely N-dealkylation sites (tertiary alicyclic amines) is 1. The van der Waals surface area contributed by atoms with E-state index in [1.165, 1.54) is 0 Å². The first kappa shape index (κ1) is 15.1. The highest BCUT2D eigenvalue weighted by Crippen LogP contribution is 2.38. The maximum absolute atomic E-state index is 12.8. The van der Waals surface area contributed by atoms with Crippen LogP contribution in [0.5, 0.6) is 11.5 Å². The zero-order valence-electron chi connectivity index (χ0n) is 13.6. The summed E-state index contributed by atoms with van der Waals surface area (Å²) in [5.41, 5.74) is 1.87. The molecule has 1 saturated heterocycles. The molecule has 2 aromatic carbocycles. The van der Waals surface area contributed by atoms with Crippen molar-refractivity contribution < 1.29 is 14.3 Å². The molecule has 124 valence electrons. The molecule has 24 heavy (non-hydrogen) atoms. The lowest BCUT2D eigenvalue weighted by Crippen LogP contribution is -2.30. The van der Waals surface area contributed by atoms with Gasteiger partial charge in [0.05, 0.1) is 19.3 Å². The van der Waals surface area contributed by atoms with E-state index in [1.807, 2.05) is 47.4 Å². The number of benzene rings is 2. The molecule has 2 heterocycles. The Balaban J connectivity index is 1.61. The SMILES string of the molecule is O=C(c1ccccc1)N1CCC[C@H]1c1ccc2c(c1)OCCCO2. The van der Waals surface area contributed by atoms with Crippen LogP contribution in [-0.4, -0.2) is 30.6 Å². The van der Waals surface area contributed by atoms with Gasteiger partial charge in [-0.2, -0.15) is 0 Å². The molecule has 0 aliphatic carbocycles. The molecule has 2 aliphatic rings. The highest BCUT2D eigenvalue weighted by molar-refractivity contribution is 5.94. The van der Waals surface area contributed by atoms with Crippen molar-refractivity contribution in [2.24, 2.45) is 0 Å². The summed E-state index contributed by atoms with van der Waals surface area (Å²) in [7, 11) is 0. The van der Waals surface area contributed by atoms with Crippen molar-refractivity contribution in [3.8, 4) is 11.5 Å². The van der Waals surface area contributed by atoms with Gasteiger partial charge in [0.2, 0.25) is 0 Å². The fourth-order valence-corrected chi connectivity index (χ4v) is 3.49. The predicted octanol–water partition coefficient (Wildman–Crippen LogP) is 3.83. The van der Waals surface area contributed by atoms with Crippen LogP contribution >= 0.6 is 0 Å². The number of fused-ring (bicyclic) bond motifs is 1. The van der Waals surface area contributed by atoms with Crippen molar-refractivity contribution in [2.75, 3.05) is 19.8 Å². The Morgan fingerprint density at radius 2 is 1.75 bits per heavy atom. The van der Waals surface area contributed by atoms with E-state index in [9.17, 15) is 4.79 Å². The first-order valence-corrected chi connectivity index (χ1v) is 8.58. The lowest BCUT2D eigenvalue weighted by atomic mass is 10.0. The summed E-state index contributed by atoms with van der Waals surface area (Å²) in [4.78, 5) is 14.8. The number of hydrogen-bond acceptors (Lipinski definition) is 3. The second kappa shape index (κ2) is 6.56. The van der Waals surface area contributed by atoms with Crippen molar-refractivity contribution >= 4 is 5.91 Å². The summed E-state index contributed by atoms with van der Waals surface area (Å²) >= 11 is 0. The maximum atomic E-state index is 12.8. The number of amides is 1. The molecule has 1 fully saturated rings. The van der Waals surface area contributed by atoms with Crippen molar-refractivity contribution in [1.29, 1.82) is 0 Å². The van der Waals surface area contributed by atoms with Gasteiger partial charge in [0, 0.05) is 18.5 Å². The zero-order chi connectivity index (χ0) is 16.4. The van der Waals surface area contributed by atoms with Crippen LogP contribution in [-0.2, 0) is 0 Å². The number of carbonyl (C=O) groups excluding carboxylic acids is 1. The average Bonchev–Trinajstić information content (AvgIpc) is 3.00. The van der Waals surface area contributed by atoms with E-state index in [0.717, 1.165) is 48.4 Å². The van der Waals surface area contributed by atoms with Crippen LogP contribution < -0.4 is 9.47 Å². The fourth-order valence-electron chi connectivity index (χ4n) is 3.49. The van der Waals surface area contributed by atoms with E-state index >= 15 is 0 Å². The quantitative estimate of drug-likeness (QED) is 0.843. The van der Waals surface area contributed by atoms with E-state index in [0.29, 0.717) is 13.2 Å². The highest BCUT2D eigenvalue weighted by Gasteiger charge is 2.31. The van der Waals surface area contributed by atoms with E-state index in [1.54, 1.807) is 0 Å². The molecule has 0 N–H and O–H groups in total. The van der Waals surface area contributed by atoms with Crippen LogP contribution in [0, 0.1) is 0 Å². The van der Waals surface area contributed by atoms with Gasteiger partial charge >= 0.3 is 0 Å². The average molecular weight is 323 g/mol. The number of hydrogen-bond donors (Lipinski definition) is 0. The number of nitrogens with zero attached hydrogens (tertiary/aromatic N) is 1. The molecule has 4 heteroatoms. The zero-order valence-corrected chi connectivity index (χ0v) is 13.6. The van der Waals surface area contributed by atoms with Crippen molar-refractivity contribution in [3.05, 3.63) is 59.7 Å². The normalized spacial score (nSPS) is 19.8. The second-order valence-electron chi connectivity index (χ2n) is 6.28. The standard InChI is InChI=1S/C20H21NO3/c22-20(15-6-2-1-3-7-15)21-11-4-8-17(21)16-9-10-18-19(14-16)24-13-5-12-23-18/h1-3,6-7,9-10,14,17H,4-5,8,11-13H2/t17-/m0/s1. The molecule has 1 amide bonds. The van der Waals surface area contributed by atoms with Crippen LogP contribution in [0.25, 0.3) is 0 Å². The van der Waals surface area contributed by atoms with Crippen molar-refractivity contribution in [2.45, 2.75) is 25.3 Å². The summed E-state index contributed by atoms with van der Waals surface area (Å²) in [6, 6.07) is 15.7. The van der Waals surface area contributed by atoms with Crippen LogP contribution in [0.1, 0.15) is 41.2 Å². The highest BCUT2D eigenvalue weighted by atomic mass is 16.5. The van der Waals surface area contributed by atoms with Gasteiger partial charge in [-0.15, -0.1) is 0 Å². The largest absolute Gasteiger partial charge is 0.490 e. The van der Waals surface area contributed by atoms with Gasteiger partial charge in [-0.3, -0.25) is 4.79 Å². The molecular formula is C20H21NO3. The van der Waals surface area contributed by atoms with Gasteiger partial charge in [0.15, 0.2) is 11.5 Å². The topological polar surface area (TPSA) is 38.8 Å². The van der Waals surface area contributed by atoms with E-state index < -0.39 is 0 Å². The van der Waals surface area contributed by atoms with Gasteiger partial charge in [-0.1, -0.05) is 24.3 Å². The van der Waals surface area contributed by atoms with Gasteiger partial charge in [0.25, 0.3) is 5.91 Å². The molecule has 2 aliphatic heterocycles. The predicted molar refractivity (Wildman–Crippen MR) is 91.5 cm³/mol. The minimum absolute atomic E-state index is 0.102. The van der Waals surface area contributed by atoms with Crippen LogP contribution in [0.3, 0.4) is 0 Å². The molecule has 4 rings (SSSR count). The molecule has 0 saturated carbocycles. The Hall–Kier alpha value is -2.49. The smallest absolute Gasteiger partial charge is 0.254 e. The number of carbonyl (C=O) groups is 1. The van der Waals surface area contributed by atoms with Gasteiger partial charge in [-0.25, -0.2) is 0 Å². The Kier molecular flexibility index (Phi) is 4.11. The number of ether oxygens (including phenoxy) is 2. The molecule has 0 aromatic heterocycles. The Labute approximate surface area is 142 Å². The second-order valence-corrected chi connectivity index (χ2v) is 6.28. The minimum atomic E-state index is 0.102. The molecule has 2 aromatic rings. The fraction of sp³-hybridized carbons (Fsp3) is 0.350. The molecule has 4 nitrogen and oxygen atoms in total. The first-order valence-electron chi connectivity index (χ1n) is 8.58. The van der Waals surface area contributed by atoms with E-state index in [2.05, 4.69) is 6.07 Å². The first-order chi connectivity index (χ1) is 11.8. The molecule has 0 bridgehead atoms.